The van der Waals surface area contributed by atoms with Gasteiger partial charge in [0.25, 0.3) is 0 Å². The van der Waals surface area contributed by atoms with Crippen molar-refractivity contribution in [2.75, 3.05) is 26.3 Å². The SMILES string of the molecule is O=C(NCCc1ccc2c(c1)OCCO2)[C@H]1CCCN1. The van der Waals surface area contributed by atoms with E-state index in [0.717, 1.165) is 42.9 Å². The van der Waals surface area contributed by atoms with Gasteiger partial charge >= 0.3 is 0 Å². The molecule has 108 valence electrons. The Labute approximate surface area is 118 Å². The molecule has 1 saturated heterocycles. The number of rotatable bonds is 4. The van der Waals surface area contributed by atoms with Gasteiger partial charge in [0.2, 0.25) is 5.91 Å². The molecular formula is C15H20N2O3. The fourth-order valence-corrected chi connectivity index (χ4v) is 2.60. The Balaban J connectivity index is 1.49. The molecule has 2 aliphatic heterocycles. The van der Waals surface area contributed by atoms with Crippen molar-refractivity contribution >= 4 is 5.91 Å². The molecule has 0 aliphatic carbocycles. The molecular weight excluding hydrogens is 256 g/mol. The van der Waals surface area contributed by atoms with Crippen LogP contribution in [0.25, 0.3) is 0 Å². The van der Waals surface area contributed by atoms with Gasteiger partial charge in [0.1, 0.15) is 13.2 Å². The molecule has 0 aromatic heterocycles. The van der Waals surface area contributed by atoms with Crippen LogP contribution >= 0.6 is 0 Å². The molecule has 0 saturated carbocycles. The first-order valence-corrected chi connectivity index (χ1v) is 7.22. The Morgan fingerprint density at radius 2 is 2.15 bits per heavy atom. The number of amides is 1. The van der Waals surface area contributed by atoms with E-state index in [1.54, 1.807) is 0 Å². The van der Waals surface area contributed by atoms with Crippen LogP contribution in [0, 0.1) is 0 Å². The maximum atomic E-state index is 11.8. The first kappa shape index (κ1) is 13.2. The molecule has 0 unspecified atom stereocenters. The summed E-state index contributed by atoms with van der Waals surface area (Å²) in [5.41, 5.74) is 1.15. The van der Waals surface area contributed by atoms with Crippen LogP contribution in [0.15, 0.2) is 18.2 Å². The van der Waals surface area contributed by atoms with Crippen molar-refractivity contribution in [2.24, 2.45) is 0 Å². The van der Waals surface area contributed by atoms with E-state index in [0.29, 0.717) is 19.8 Å². The number of benzene rings is 1. The highest BCUT2D eigenvalue weighted by Crippen LogP contribution is 2.30. The van der Waals surface area contributed by atoms with Gasteiger partial charge in [-0.05, 0) is 43.5 Å². The zero-order chi connectivity index (χ0) is 13.8. The number of fused-ring (bicyclic) bond motifs is 1. The van der Waals surface area contributed by atoms with Crippen molar-refractivity contribution in [2.45, 2.75) is 25.3 Å². The Hall–Kier alpha value is -1.75. The van der Waals surface area contributed by atoms with E-state index >= 15 is 0 Å². The van der Waals surface area contributed by atoms with Gasteiger partial charge < -0.3 is 20.1 Å². The number of hydrogen-bond donors (Lipinski definition) is 2. The third kappa shape index (κ3) is 3.04. The second kappa shape index (κ2) is 6.13. The molecule has 0 radical (unpaired) electrons. The van der Waals surface area contributed by atoms with Crippen LogP contribution in [0.2, 0.25) is 0 Å². The van der Waals surface area contributed by atoms with Crippen LogP contribution in [-0.4, -0.2) is 38.3 Å². The molecule has 1 amide bonds. The molecule has 2 heterocycles. The number of nitrogens with one attached hydrogen (secondary N) is 2. The molecule has 20 heavy (non-hydrogen) atoms. The molecule has 0 spiro atoms. The molecule has 1 aromatic rings. The average molecular weight is 276 g/mol. The van der Waals surface area contributed by atoms with Crippen LogP contribution < -0.4 is 20.1 Å². The van der Waals surface area contributed by atoms with Crippen molar-refractivity contribution in [1.29, 1.82) is 0 Å². The van der Waals surface area contributed by atoms with Gasteiger partial charge in [0.15, 0.2) is 11.5 Å². The molecule has 2 N–H and O–H groups in total. The maximum absolute atomic E-state index is 11.8. The van der Waals surface area contributed by atoms with Crippen molar-refractivity contribution in [3.8, 4) is 11.5 Å². The fourth-order valence-electron chi connectivity index (χ4n) is 2.60. The van der Waals surface area contributed by atoms with E-state index in [4.69, 9.17) is 9.47 Å². The van der Waals surface area contributed by atoms with Gasteiger partial charge in [0, 0.05) is 6.54 Å². The van der Waals surface area contributed by atoms with Gasteiger partial charge in [0.05, 0.1) is 6.04 Å². The Kier molecular flexibility index (Phi) is 4.06. The van der Waals surface area contributed by atoms with Crippen LogP contribution in [0.3, 0.4) is 0 Å². The molecule has 1 fully saturated rings. The normalized spacial score (nSPS) is 20.7. The Bertz CT molecular complexity index is 484. The lowest BCUT2D eigenvalue weighted by atomic mass is 10.1. The lowest BCUT2D eigenvalue weighted by Gasteiger charge is -2.19. The molecule has 2 aliphatic rings. The van der Waals surface area contributed by atoms with Gasteiger partial charge in [-0.25, -0.2) is 0 Å². The third-order valence-electron chi connectivity index (χ3n) is 3.70. The molecule has 1 atom stereocenters. The highest BCUT2D eigenvalue weighted by molar-refractivity contribution is 5.81. The summed E-state index contributed by atoms with van der Waals surface area (Å²) in [5.74, 6) is 1.72. The van der Waals surface area contributed by atoms with E-state index in [-0.39, 0.29) is 11.9 Å². The van der Waals surface area contributed by atoms with Crippen LogP contribution in [0.1, 0.15) is 18.4 Å². The highest BCUT2D eigenvalue weighted by atomic mass is 16.6. The predicted octanol–water partition coefficient (Wildman–Crippen LogP) is 0.868. The quantitative estimate of drug-likeness (QED) is 0.856. The van der Waals surface area contributed by atoms with Gasteiger partial charge in [-0.1, -0.05) is 6.07 Å². The summed E-state index contributed by atoms with van der Waals surface area (Å²) in [6, 6.07) is 5.95. The number of carbonyl (C=O) groups excluding carboxylic acids is 1. The lowest BCUT2D eigenvalue weighted by molar-refractivity contribution is -0.122. The fraction of sp³-hybridized carbons (Fsp3) is 0.533. The number of hydrogen-bond acceptors (Lipinski definition) is 4. The van der Waals surface area contributed by atoms with Crippen LogP contribution in [0.5, 0.6) is 11.5 Å². The zero-order valence-electron chi connectivity index (χ0n) is 11.5. The highest BCUT2D eigenvalue weighted by Gasteiger charge is 2.21. The lowest BCUT2D eigenvalue weighted by Crippen LogP contribution is -2.41. The summed E-state index contributed by atoms with van der Waals surface area (Å²) in [6.07, 6.45) is 2.82. The van der Waals surface area contributed by atoms with E-state index in [1.807, 2.05) is 18.2 Å². The number of carbonyl (C=O) groups is 1. The van der Waals surface area contributed by atoms with Crippen molar-refractivity contribution in [3.63, 3.8) is 0 Å². The standard InChI is InChI=1S/C15H20N2O3/c18-15(12-2-1-6-16-12)17-7-5-11-3-4-13-14(10-11)20-9-8-19-13/h3-4,10,12,16H,1-2,5-9H2,(H,17,18)/t12-/m1/s1. The van der Waals surface area contributed by atoms with Crippen LogP contribution in [0.4, 0.5) is 0 Å². The third-order valence-corrected chi connectivity index (χ3v) is 3.70. The Morgan fingerprint density at radius 1 is 1.30 bits per heavy atom. The number of ether oxygens (including phenoxy) is 2. The minimum atomic E-state index is -0.00438. The summed E-state index contributed by atoms with van der Waals surface area (Å²) in [5, 5.41) is 6.18. The predicted molar refractivity (Wildman–Crippen MR) is 75.2 cm³/mol. The van der Waals surface area contributed by atoms with Crippen LogP contribution in [-0.2, 0) is 11.2 Å². The summed E-state index contributed by atoms with van der Waals surface area (Å²) >= 11 is 0. The van der Waals surface area contributed by atoms with Crippen molar-refractivity contribution in [3.05, 3.63) is 23.8 Å². The summed E-state index contributed by atoms with van der Waals surface area (Å²) in [4.78, 5) is 11.8. The topological polar surface area (TPSA) is 59.6 Å². The monoisotopic (exact) mass is 276 g/mol. The minimum absolute atomic E-state index is 0.00438. The minimum Gasteiger partial charge on any atom is -0.486 e. The molecule has 1 aromatic carbocycles. The molecule has 5 heteroatoms. The van der Waals surface area contributed by atoms with Gasteiger partial charge in [-0.15, -0.1) is 0 Å². The summed E-state index contributed by atoms with van der Waals surface area (Å²) in [6.45, 7) is 2.80. The zero-order valence-corrected chi connectivity index (χ0v) is 11.5. The summed E-state index contributed by atoms with van der Waals surface area (Å²) < 4.78 is 11.0. The maximum Gasteiger partial charge on any atom is 0.237 e. The largest absolute Gasteiger partial charge is 0.486 e. The van der Waals surface area contributed by atoms with Gasteiger partial charge in [-0.3, -0.25) is 4.79 Å². The first-order chi connectivity index (χ1) is 9.83. The Morgan fingerprint density at radius 3 is 2.95 bits per heavy atom. The first-order valence-electron chi connectivity index (χ1n) is 7.22. The second-order valence-electron chi connectivity index (χ2n) is 5.17. The average Bonchev–Trinajstić information content (AvgIpc) is 3.01. The second-order valence-corrected chi connectivity index (χ2v) is 5.17. The van der Waals surface area contributed by atoms with E-state index in [1.165, 1.54) is 0 Å². The van der Waals surface area contributed by atoms with E-state index in [9.17, 15) is 4.79 Å². The van der Waals surface area contributed by atoms with E-state index in [2.05, 4.69) is 10.6 Å². The van der Waals surface area contributed by atoms with Crippen molar-refractivity contribution in [1.82, 2.24) is 10.6 Å². The van der Waals surface area contributed by atoms with Crippen molar-refractivity contribution < 1.29 is 14.3 Å². The van der Waals surface area contributed by atoms with Gasteiger partial charge in [-0.2, -0.15) is 0 Å². The summed E-state index contributed by atoms with van der Waals surface area (Å²) in [7, 11) is 0. The van der Waals surface area contributed by atoms with E-state index < -0.39 is 0 Å². The molecule has 5 nitrogen and oxygen atoms in total. The molecule has 0 bridgehead atoms. The smallest absolute Gasteiger partial charge is 0.237 e. The molecule has 3 rings (SSSR count).